The number of anilines is 2. The van der Waals surface area contributed by atoms with E-state index < -0.39 is 34.9 Å². The van der Waals surface area contributed by atoms with E-state index >= 15 is 0 Å². The van der Waals surface area contributed by atoms with Crippen LogP contribution in [-0.2, 0) is 31.9 Å². The second-order valence-corrected chi connectivity index (χ2v) is 27.6. The van der Waals surface area contributed by atoms with Gasteiger partial charge in [0.15, 0.2) is 0 Å². The minimum Gasteiger partial charge on any atom is -0.444 e. The molecule has 0 spiro atoms. The van der Waals surface area contributed by atoms with Crippen LogP contribution in [0.1, 0.15) is 128 Å². The van der Waals surface area contributed by atoms with Crippen LogP contribution in [0.3, 0.4) is 0 Å². The molecule has 0 radical (unpaired) electrons. The van der Waals surface area contributed by atoms with Gasteiger partial charge in [-0.15, -0.1) is 0 Å². The number of carbonyl (C=O) groups is 4. The molecule has 4 aliphatic rings. The number of amides is 2. The van der Waals surface area contributed by atoms with Crippen LogP contribution in [0.15, 0.2) is 122 Å². The number of alkyl halides is 4. The Kier molecular flexibility index (Phi) is 20.2. The summed E-state index contributed by atoms with van der Waals surface area (Å²) in [4.78, 5) is 82.4. The molecule has 4 aromatic carbocycles. The largest absolute Gasteiger partial charge is 0.444 e. The summed E-state index contributed by atoms with van der Waals surface area (Å²) in [6.45, 7) is 17.2. The van der Waals surface area contributed by atoms with E-state index in [0.29, 0.717) is 83.8 Å². The van der Waals surface area contributed by atoms with Crippen molar-refractivity contribution in [3.8, 4) is 45.8 Å². The second-order valence-electron chi connectivity index (χ2n) is 27.6. The Labute approximate surface area is 556 Å². The summed E-state index contributed by atoms with van der Waals surface area (Å²) in [6, 6.07) is 29.9. The number of benzene rings is 4. The number of halogens is 4. The fourth-order valence-corrected chi connectivity index (χ4v) is 12.9. The number of aryl methyl sites for hydroxylation is 2. The Balaban J connectivity index is 0.000000195. The summed E-state index contributed by atoms with van der Waals surface area (Å²) in [5.74, 6) is -4.37. The number of ketones is 2. The fourth-order valence-electron chi connectivity index (χ4n) is 12.9. The van der Waals surface area contributed by atoms with Crippen LogP contribution in [0.2, 0.25) is 0 Å². The summed E-state index contributed by atoms with van der Waals surface area (Å²) < 4.78 is 79.5. The highest BCUT2D eigenvalue weighted by molar-refractivity contribution is 5.97. The number of carbonyl (C=O) groups excluding carboxylic acids is 4. The zero-order chi connectivity index (χ0) is 68.1. The molecule has 22 heteroatoms. The maximum Gasteiger partial charge on any atom is 0.410 e. The molecule has 2 aliphatic heterocycles. The molecule has 12 rings (SSSR count). The highest BCUT2D eigenvalue weighted by Gasteiger charge is 2.43. The molecule has 2 saturated heterocycles. The lowest BCUT2D eigenvalue weighted by Gasteiger charge is -2.34. The van der Waals surface area contributed by atoms with Crippen LogP contribution in [-0.4, -0.2) is 125 Å². The van der Waals surface area contributed by atoms with Crippen LogP contribution in [0.4, 0.5) is 39.0 Å². The smallest absolute Gasteiger partial charge is 0.410 e. The van der Waals surface area contributed by atoms with Gasteiger partial charge in [-0.1, -0.05) is 60.7 Å². The summed E-state index contributed by atoms with van der Waals surface area (Å²) in [5.41, 5.74) is 4.69. The molecule has 504 valence electrons. The molecule has 96 heavy (non-hydrogen) atoms. The number of fused-ring (bicyclic) bond motifs is 2. The lowest BCUT2D eigenvalue weighted by Crippen LogP contribution is -2.47. The van der Waals surface area contributed by atoms with E-state index in [1.54, 1.807) is 46.7 Å². The third-order valence-electron chi connectivity index (χ3n) is 17.7. The lowest BCUT2D eigenvalue weighted by atomic mass is 9.93. The summed E-state index contributed by atoms with van der Waals surface area (Å²) in [7, 11) is 0. The Morgan fingerprint density at radius 3 is 1.31 bits per heavy atom. The lowest BCUT2D eigenvalue weighted by molar-refractivity contribution is -0.123. The van der Waals surface area contributed by atoms with Gasteiger partial charge in [-0.05, 0) is 163 Å². The number of nitrogens with one attached hydrogen (secondary N) is 2. The minimum atomic E-state index is -2.77. The number of nitrogens with zero attached hydrogens (tertiary/aromatic N) is 8. The standard InChI is InChI=1S/2C37H41F2N5O4/c2*1-23-12-13-27-24(20-31(45)25-14-16-37(38,39)21-25)8-5-10-28(27)32(23)47-33-29(11-6-17-40-33)30-15-18-41-34(43-30)42-26-9-7-19-44(22-26)35(46)48-36(2,3)4/h2*5-6,8,10-13,15,17-18,25-26H,7,9,14,16,19-22H2,1-4H3,(H,41,42,43)/t25-,26+;25-,26-/m10/s1. The molecular weight excluding hydrogens is 1230 g/mol. The first-order chi connectivity index (χ1) is 45.7. The predicted molar refractivity (Wildman–Crippen MR) is 359 cm³/mol. The third kappa shape index (κ3) is 17.0. The van der Waals surface area contributed by atoms with E-state index in [0.717, 1.165) is 69.5 Å². The van der Waals surface area contributed by atoms with Gasteiger partial charge < -0.3 is 39.4 Å². The topological polar surface area (TPSA) is 213 Å². The van der Waals surface area contributed by atoms with Crippen LogP contribution in [0.5, 0.6) is 23.3 Å². The van der Waals surface area contributed by atoms with Crippen LogP contribution in [0, 0.1) is 25.7 Å². The Morgan fingerprint density at radius 1 is 0.510 bits per heavy atom. The number of aromatic nitrogens is 6. The van der Waals surface area contributed by atoms with Gasteiger partial charge in [-0.25, -0.2) is 57.1 Å². The van der Waals surface area contributed by atoms with Gasteiger partial charge in [0.05, 0.1) is 22.5 Å². The molecule has 8 aromatic rings. The van der Waals surface area contributed by atoms with Crippen LogP contribution >= 0.6 is 0 Å². The number of likely N-dealkylation sites (tertiary alicyclic amines) is 2. The van der Waals surface area contributed by atoms with E-state index in [1.807, 2.05) is 140 Å². The molecule has 0 unspecified atom stereocenters. The first-order valence-electron chi connectivity index (χ1n) is 33.0. The first-order valence-corrected chi connectivity index (χ1v) is 33.0. The number of hydrogen-bond acceptors (Lipinski definition) is 16. The molecule has 4 aromatic heterocycles. The van der Waals surface area contributed by atoms with Gasteiger partial charge in [-0.3, -0.25) is 9.59 Å². The molecule has 2 N–H and O–H groups in total. The molecule has 4 fully saturated rings. The SMILES string of the molecule is Cc1ccc2c(CC(=O)[C@@H]3CCC(F)(F)C3)cccc2c1Oc1ncccc1-c1ccnc(N[C@H]2CCCN(C(=O)OC(C)(C)C)C2)n1.Cc1ccc2c(CC(=O)[C@H]3CCC(F)(F)C3)cccc2c1Oc1ncccc1-c1ccnc(N[C@H]2CCCN(C(=O)OC(C)(C)C)C2)n1. The van der Waals surface area contributed by atoms with E-state index in [2.05, 4.69) is 30.6 Å². The fraction of sp³-hybridized carbons (Fsp3) is 0.432. The Bertz CT molecular complexity index is 3920. The van der Waals surface area contributed by atoms with Crippen molar-refractivity contribution in [3.05, 3.63) is 144 Å². The zero-order valence-electron chi connectivity index (χ0n) is 55.5. The van der Waals surface area contributed by atoms with Gasteiger partial charge >= 0.3 is 12.2 Å². The molecule has 2 aliphatic carbocycles. The van der Waals surface area contributed by atoms with E-state index in [1.165, 1.54) is 0 Å². The van der Waals surface area contributed by atoms with Gasteiger partial charge in [0.25, 0.3) is 0 Å². The maximum absolute atomic E-state index is 13.8. The summed E-state index contributed by atoms with van der Waals surface area (Å²) in [6.07, 6.45) is 8.72. The monoisotopic (exact) mass is 1310 g/mol. The number of Topliss-reactive ketones (excluding diaryl/α,β-unsaturated/α-hetero) is 2. The van der Waals surface area contributed by atoms with Crippen molar-refractivity contribution in [2.45, 2.75) is 168 Å². The van der Waals surface area contributed by atoms with Crippen molar-refractivity contribution in [1.29, 1.82) is 0 Å². The number of rotatable bonds is 16. The predicted octanol–water partition coefficient (Wildman–Crippen LogP) is 16.3. The van der Waals surface area contributed by atoms with E-state index in [4.69, 9.17) is 28.9 Å². The summed E-state index contributed by atoms with van der Waals surface area (Å²) >= 11 is 0. The molecular formula is C74H82F4N10O8. The molecule has 0 bridgehead atoms. The molecule has 18 nitrogen and oxygen atoms in total. The number of ether oxygens (including phenoxy) is 4. The van der Waals surface area contributed by atoms with Crippen molar-refractivity contribution < 1.29 is 55.7 Å². The molecule has 2 saturated carbocycles. The van der Waals surface area contributed by atoms with Crippen LogP contribution < -0.4 is 20.1 Å². The van der Waals surface area contributed by atoms with Crippen molar-refractivity contribution >= 4 is 57.2 Å². The normalized spacial score (nSPS) is 19.2. The minimum absolute atomic E-state index is 0.0456. The molecule has 2 amide bonds. The number of piperidine rings is 2. The quantitative estimate of drug-likeness (QED) is 0.0861. The summed E-state index contributed by atoms with van der Waals surface area (Å²) in [5, 5.41) is 10.0. The Morgan fingerprint density at radius 2 is 0.927 bits per heavy atom. The highest BCUT2D eigenvalue weighted by atomic mass is 19.3. The number of hydrogen-bond donors (Lipinski definition) is 2. The zero-order valence-corrected chi connectivity index (χ0v) is 55.5. The highest BCUT2D eigenvalue weighted by Crippen LogP contribution is 2.44. The average Bonchev–Trinajstić information content (AvgIpc) is 0.821. The molecule has 4 atom stereocenters. The van der Waals surface area contributed by atoms with E-state index in [-0.39, 0.29) is 87.2 Å². The third-order valence-corrected chi connectivity index (χ3v) is 17.7. The second kappa shape index (κ2) is 28.5. The Hall–Kier alpha value is -9.34. The molecule has 6 heterocycles. The van der Waals surface area contributed by atoms with Gasteiger partial charge in [-0.2, -0.15) is 0 Å². The van der Waals surface area contributed by atoms with Crippen LogP contribution in [0.25, 0.3) is 44.1 Å². The first kappa shape index (κ1) is 68.1. The van der Waals surface area contributed by atoms with E-state index in [9.17, 15) is 36.7 Å². The van der Waals surface area contributed by atoms with Gasteiger partial charge in [0.2, 0.25) is 35.5 Å². The average molecular weight is 1320 g/mol. The van der Waals surface area contributed by atoms with Gasteiger partial charge in [0, 0.05) is 124 Å². The van der Waals surface area contributed by atoms with Crippen molar-refractivity contribution in [2.24, 2.45) is 11.8 Å². The van der Waals surface area contributed by atoms with Crippen molar-refractivity contribution in [1.82, 2.24) is 39.7 Å². The van der Waals surface area contributed by atoms with Gasteiger partial charge in [0.1, 0.15) is 34.3 Å². The van der Waals surface area contributed by atoms with Crippen molar-refractivity contribution in [2.75, 3.05) is 36.8 Å². The van der Waals surface area contributed by atoms with Crippen molar-refractivity contribution in [3.63, 3.8) is 0 Å². The number of pyridine rings is 2. The maximum atomic E-state index is 13.8.